The maximum Gasteiger partial charge on any atom is 0.248 e. The van der Waals surface area contributed by atoms with Crippen molar-refractivity contribution in [1.82, 2.24) is 10.6 Å². The Hall–Kier alpha value is -1.31. The maximum atomic E-state index is 11.3. The van der Waals surface area contributed by atoms with Crippen LogP contribution in [0.2, 0.25) is 0 Å². The van der Waals surface area contributed by atoms with E-state index in [9.17, 15) is 4.79 Å². The summed E-state index contributed by atoms with van der Waals surface area (Å²) in [4.78, 5) is 15.6. The topological polar surface area (TPSA) is 79.5 Å². The van der Waals surface area contributed by atoms with Crippen LogP contribution in [0.4, 0.5) is 0 Å². The highest BCUT2D eigenvalue weighted by atomic mass is 127. The molecule has 0 spiro atoms. The van der Waals surface area contributed by atoms with Gasteiger partial charge in [-0.2, -0.15) is 0 Å². The van der Waals surface area contributed by atoms with Crippen LogP contribution < -0.4 is 16.4 Å². The molecule has 0 aliphatic heterocycles. The summed E-state index contributed by atoms with van der Waals surface area (Å²) >= 11 is 0. The number of primary amides is 1. The molecule has 1 saturated carbocycles. The van der Waals surface area contributed by atoms with Gasteiger partial charge in [-0.15, -0.1) is 24.0 Å². The molecule has 1 aliphatic rings. The summed E-state index contributed by atoms with van der Waals surface area (Å²) in [5, 5.41) is 6.79. The Morgan fingerprint density at radius 2 is 2.04 bits per heavy atom. The van der Waals surface area contributed by atoms with E-state index in [-0.39, 0.29) is 24.0 Å². The highest BCUT2D eigenvalue weighted by Crippen LogP contribution is 2.45. The molecule has 2 rings (SSSR count). The number of halogens is 1. The van der Waals surface area contributed by atoms with Gasteiger partial charge in [-0.3, -0.25) is 9.79 Å². The zero-order chi connectivity index (χ0) is 17.6. The molecule has 0 heterocycles. The van der Waals surface area contributed by atoms with E-state index in [1.54, 1.807) is 13.1 Å². The van der Waals surface area contributed by atoms with Crippen LogP contribution in [0.15, 0.2) is 29.3 Å². The summed E-state index contributed by atoms with van der Waals surface area (Å²) in [7, 11) is 1.78. The lowest BCUT2D eigenvalue weighted by Crippen LogP contribution is -2.46. The lowest BCUT2D eigenvalue weighted by molar-refractivity contribution is 0.1000. The molecule has 25 heavy (non-hydrogen) atoms. The summed E-state index contributed by atoms with van der Waals surface area (Å²) in [6.07, 6.45) is 5.20. The first kappa shape index (κ1) is 21.7. The van der Waals surface area contributed by atoms with Crippen LogP contribution in [-0.4, -0.2) is 25.5 Å². The van der Waals surface area contributed by atoms with E-state index >= 15 is 0 Å². The molecule has 0 aromatic heterocycles. The fraction of sp³-hybridized carbons (Fsp3) is 0.579. The number of nitrogens with one attached hydrogen (secondary N) is 2. The summed E-state index contributed by atoms with van der Waals surface area (Å²) in [6, 6.07) is 7.36. The van der Waals surface area contributed by atoms with Gasteiger partial charge in [0.1, 0.15) is 0 Å². The molecule has 0 saturated heterocycles. The molecule has 0 radical (unpaired) electrons. The normalized spacial score (nSPS) is 15.9. The number of aliphatic imine (C=N–C) groups is 1. The SMILES string of the molecule is CN=C(NCc1cccc(C(N)=O)c1)NCC1(CC(C)C)CCC1.I. The van der Waals surface area contributed by atoms with Crippen LogP contribution in [0.25, 0.3) is 0 Å². The third-order valence-corrected chi connectivity index (χ3v) is 4.78. The van der Waals surface area contributed by atoms with Gasteiger partial charge in [0.2, 0.25) is 5.91 Å². The summed E-state index contributed by atoms with van der Waals surface area (Å²) < 4.78 is 0. The van der Waals surface area contributed by atoms with E-state index in [1.165, 1.54) is 25.7 Å². The van der Waals surface area contributed by atoms with Crippen LogP contribution >= 0.6 is 24.0 Å². The third-order valence-electron chi connectivity index (χ3n) is 4.78. The number of hydrogen-bond donors (Lipinski definition) is 3. The molecular formula is C19H31IN4O. The predicted molar refractivity (Wildman–Crippen MR) is 114 cm³/mol. The van der Waals surface area contributed by atoms with E-state index in [0.717, 1.165) is 24.0 Å². The number of nitrogens with two attached hydrogens (primary N) is 1. The van der Waals surface area contributed by atoms with Gasteiger partial charge in [0.15, 0.2) is 5.96 Å². The number of carbonyl (C=O) groups is 1. The molecule has 6 heteroatoms. The second-order valence-corrected chi connectivity index (χ2v) is 7.30. The Bertz CT molecular complexity index is 597. The Labute approximate surface area is 168 Å². The molecule has 0 bridgehead atoms. The zero-order valence-corrected chi connectivity index (χ0v) is 17.8. The Morgan fingerprint density at radius 1 is 1.32 bits per heavy atom. The van der Waals surface area contributed by atoms with E-state index in [1.807, 2.05) is 18.2 Å². The van der Waals surface area contributed by atoms with Gasteiger partial charge in [-0.1, -0.05) is 32.4 Å². The standard InChI is InChI=1S/C19H30N4O.HI/c1-14(2)11-19(8-5-9-19)13-23-18(21-3)22-12-15-6-4-7-16(10-15)17(20)24;/h4,6-7,10,14H,5,8-9,11-13H2,1-3H3,(H2,20,24)(H2,21,22,23);1H. The van der Waals surface area contributed by atoms with Crippen molar-refractivity contribution in [2.75, 3.05) is 13.6 Å². The van der Waals surface area contributed by atoms with E-state index in [2.05, 4.69) is 29.5 Å². The van der Waals surface area contributed by atoms with Crippen molar-refractivity contribution in [1.29, 1.82) is 0 Å². The Kier molecular flexibility index (Phi) is 8.68. The Morgan fingerprint density at radius 3 is 2.56 bits per heavy atom. The number of guanidine groups is 1. The summed E-state index contributed by atoms with van der Waals surface area (Å²) in [5.74, 6) is 1.12. The first-order chi connectivity index (χ1) is 11.4. The van der Waals surface area contributed by atoms with Gasteiger partial charge in [0.05, 0.1) is 0 Å². The number of amides is 1. The van der Waals surface area contributed by atoms with Gasteiger partial charge in [0.25, 0.3) is 0 Å². The number of nitrogens with zero attached hydrogens (tertiary/aromatic N) is 1. The maximum absolute atomic E-state index is 11.3. The van der Waals surface area contributed by atoms with Crippen LogP contribution in [0.5, 0.6) is 0 Å². The number of hydrogen-bond acceptors (Lipinski definition) is 2. The van der Waals surface area contributed by atoms with Crippen molar-refractivity contribution in [2.24, 2.45) is 22.1 Å². The lowest BCUT2D eigenvalue weighted by atomic mass is 9.64. The third kappa shape index (κ3) is 6.49. The van der Waals surface area contributed by atoms with Crippen LogP contribution in [0, 0.1) is 11.3 Å². The minimum atomic E-state index is -0.403. The first-order valence-corrected chi connectivity index (χ1v) is 8.77. The van der Waals surface area contributed by atoms with Crippen molar-refractivity contribution >= 4 is 35.8 Å². The monoisotopic (exact) mass is 458 g/mol. The minimum Gasteiger partial charge on any atom is -0.366 e. The van der Waals surface area contributed by atoms with Crippen molar-refractivity contribution in [3.05, 3.63) is 35.4 Å². The van der Waals surface area contributed by atoms with E-state index < -0.39 is 5.91 Å². The molecule has 1 fully saturated rings. The summed E-state index contributed by atoms with van der Waals surface area (Å²) in [5.41, 5.74) is 7.29. The van der Waals surface area contributed by atoms with Crippen LogP contribution in [-0.2, 0) is 6.54 Å². The number of rotatable bonds is 7. The lowest BCUT2D eigenvalue weighted by Gasteiger charge is -2.43. The van der Waals surface area contributed by atoms with Gasteiger partial charge >= 0.3 is 0 Å². The number of carbonyl (C=O) groups excluding carboxylic acids is 1. The second kappa shape index (κ2) is 9.99. The Balaban J connectivity index is 0.00000312. The molecule has 0 unspecified atom stereocenters. The molecule has 1 aromatic rings. The van der Waals surface area contributed by atoms with E-state index in [4.69, 9.17) is 5.73 Å². The van der Waals surface area contributed by atoms with Crippen molar-refractivity contribution in [3.63, 3.8) is 0 Å². The van der Waals surface area contributed by atoms with Crippen LogP contribution in [0.1, 0.15) is 55.5 Å². The highest BCUT2D eigenvalue weighted by molar-refractivity contribution is 14.0. The first-order valence-electron chi connectivity index (χ1n) is 8.77. The molecule has 1 aliphatic carbocycles. The van der Waals surface area contributed by atoms with Gasteiger partial charge < -0.3 is 16.4 Å². The predicted octanol–water partition coefficient (Wildman–Crippen LogP) is 3.28. The zero-order valence-electron chi connectivity index (χ0n) is 15.5. The smallest absolute Gasteiger partial charge is 0.248 e. The molecular weight excluding hydrogens is 427 g/mol. The largest absolute Gasteiger partial charge is 0.366 e. The molecule has 1 amide bonds. The van der Waals surface area contributed by atoms with Crippen molar-refractivity contribution in [2.45, 2.75) is 46.1 Å². The average molecular weight is 458 g/mol. The fourth-order valence-electron chi connectivity index (χ4n) is 3.51. The van der Waals surface area contributed by atoms with Gasteiger partial charge in [-0.05, 0) is 48.3 Å². The van der Waals surface area contributed by atoms with Crippen molar-refractivity contribution in [3.8, 4) is 0 Å². The molecule has 140 valence electrons. The van der Waals surface area contributed by atoms with Gasteiger partial charge in [0, 0.05) is 25.7 Å². The average Bonchev–Trinajstić information content (AvgIpc) is 2.52. The van der Waals surface area contributed by atoms with E-state index in [0.29, 0.717) is 17.5 Å². The molecule has 1 aromatic carbocycles. The molecule has 5 nitrogen and oxygen atoms in total. The highest BCUT2D eigenvalue weighted by Gasteiger charge is 2.37. The van der Waals surface area contributed by atoms with Gasteiger partial charge in [-0.25, -0.2) is 0 Å². The number of benzene rings is 1. The van der Waals surface area contributed by atoms with Crippen LogP contribution in [0.3, 0.4) is 0 Å². The quantitative estimate of drug-likeness (QED) is 0.333. The summed E-state index contributed by atoms with van der Waals surface area (Å²) in [6.45, 7) is 6.15. The molecule has 4 N–H and O–H groups in total. The molecule has 0 atom stereocenters. The minimum absolute atomic E-state index is 0. The fourth-order valence-corrected chi connectivity index (χ4v) is 3.51. The van der Waals surface area contributed by atoms with Crippen molar-refractivity contribution < 1.29 is 4.79 Å². The second-order valence-electron chi connectivity index (χ2n) is 7.30.